The summed E-state index contributed by atoms with van der Waals surface area (Å²) in [5.74, 6) is 0.808. The Kier molecular flexibility index (Phi) is 6.14. The van der Waals surface area contributed by atoms with Crippen LogP contribution >= 0.6 is 0 Å². The maximum atomic E-state index is 12.1. The molecular weight excluding hydrogens is 296 g/mol. The SMILES string of the molecule is CC(C)c1ccc(NC(=O)CCC(C)c2ccc(C#N)cc2)cc1. The molecule has 24 heavy (non-hydrogen) atoms. The lowest BCUT2D eigenvalue weighted by Crippen LogP contribution is -2.12. The second kappa shape index (κ2) is 8.31. The third-order valence-electron chi connectivity index (χ3n) is 4.27. The molecule has 0 radical (unpaired) electrons. The van der Waals surface area contributed by atoms with E-state index >= 15 is 0 Å². The number of benzene rings is 2. The van der Waals surface area contributed by atoms with Crippen molar-refractivity contribution in [3.05, 3.63) is 65.2 Å². The summed E-state index contributed by atoms with van der Waals surface area (Å²) in [4.78, 5) is 12.1. The van der Waals surface area contributed by atoms with Crippen molar-refractivity contribution in [2.24, 2.45) is 0 Å². The van der Waals surface area contributed by atoms with Crippen LogP contribution in [0.1, 0.15) is 62.1 Å². The van der Waals surface area contributed by atoms with Crippen molar-refractivity contribution in [1.82, 2.24) is 0 Å². The monoisotopic (exact) mass is 320 g/mol. The minimum Gasteiger partial charge on any atom is -0.326 e. The summed E-state index contributed by atoms with van der Waals surface area (Å²) in [7, 11) is 0. The van der Waals surface area contributed by atoms with Gasteiger partial charge in [-0.1, -0.05) is 45.0 Å². The summed E-state index contributed by atoms with van der Waals surface area (Å²) in [6.07, 6.45) is 1.26. The van der Waals surface area contributed by atoms with Crippen LogP contribution in [0.15, 0.2) is 48.5 Å². The van der Waals surface area contributed by atoms with Gasteiger partial charge >= 0.3 is 0 Å². The molecule has 0 spiro atoms. The van der Waals surface area contributed by atoms with Crippen molar-refractivity contribution in [3.8, 4) is 6.07 Å². The van der Waals surface area contributed by atoms with Gasteiger partial charge < -0.3 is 5.32 Å². The molecule has 124 valence electrons. The van der Waals surface area contributed by atoms with Crippen LogP contribution in [0.3, 0.4) is 0 Å². The van der Waals surface area contributed by atoms with Crippen LogP contribution in [0.2, 0.25) is 0 Å². The molecule has 1 N–H and O–H groups in total. The van der Waals surface area contributed by atoms with Gasteiger partial charge in [0.15, 0.2) is 0 Å². The second-order valence-electron chi connectivity index (χ2n) is 6.50. The fourth-order valence-corrected chi connectivity index (χ4v) is 2.58. The van der Waals surface area contributed by atoms with E-state index in [2.05, 4.69) is 44.3 Å². The first-order chi connectivity index (χ1) is 11.5. The number of carbonyl (C=O) groups is 1. The Morgan fingerprint density at radius 2 is 1.58 bits per heavy atom. The fourth-order valence-electron chi connectivity index (χ4n) is 2.58. The summed E-state index contributed by atoms with van der Waals surface area (Å²) >= 11 is 0. The number of nitriles is 1. The summed E-state index contributed by atoms with van der Waals surface area (Å²) in [6, 6.07) is 17.7. The largest absolute Gasteiger partial charge is 0.326 e. The predicted molar refractivity (Wildman–Crippen MR) is 98.0 cm³/mol. The van der Waals surface area contributed by atoms with Gasteiger partial charge in [0.05, 0.1) is 11.6 Å². The molecule has 1 amide bonds. The zero-order valence-corrected chi connectivity index (χ0v) is 14.5. The van der Waals surface area contributed by atoms with Crippen molar-refractivity contribution in [2.75, 3.05) is 5.32 Å². The van der Waals surface area contributed by atoms with Crippen molar-refractivity contribution in [3.63, 3.8) is 0 Å². The molecule has 0 fully saturated rings. The number of amides is 1. The minimum absolute atomic E-state index is 0.0350. The van der Waals surface area contributed by atoms with Crippen LogP contribution in [-0.4, -0.2) is 5.91 Å². The van der Waals surface area contributed by atoms with Crippen LogP contribution < -0.4 is 5.32 Å². The summed E-state index contributed by atoms with van der Waals surface area (Å²) in [6.45, 7) is 6.41. The topological polar surface area (TPSA) is 52.9 Å². The lowest BCUT2D eigenvalue weighted by atomic mass is 9.95. The van der Waals surface area contributed by atoms with Crippen molar-refractivity contribution in [2.45, 2.75) is 45.4 Å². The quantitative estimate of drug-likeness (QED) is 0.795. The fraction of sp³-hybridized carbons (Fsp3) is 0.333. The molecule has 0 bridgehead atoms. The molecule has 3 heteroatoms. The van der Waals surface area contributed by atoms with E-state index in [1.54, 1.807) is 0 Å². The Labute approximate surface area is 144 Å². The molecule has 1 atom stereocenters. The first kappa shape index (κ1) is 17.7. The lowest BCUT2D eigenvalue weighted by Gasteiger charge is -2.12. The summed E-state index contributed by atoms with van der Waals surface area (Å²) in [5.41, 5.74) is 3.93. The van der Waals surface area contributed by atoms with Crippen LogP contribution in [0, 0.1) is 11.3 Å². The highest BCUT2D eigenvalue weighted by Gasteiger charge is 2.09. The van der Waals surface area contributed by atoms with Gasteiger partial charge in [0.1, 0.15) is 0 Å². The molecule has 0 saturated heterocycles. The Morgan fingerprint density at radius 1 is 1.00 bits per heavy atom. The van der Waals surface area contributed by atoms with Gasteiger partial charge in [-0.15, -0.1) is 0 Å². The Hall–Kier alpha value is -2.60. The van der Waals surface area contributed by atoms with Gasteiger partial charge in [0.2, 0.25) is 5.91 Å². The van der Waals surface area contributed by atoms with E-state index in [-0.39, 0.29) is 11.8 Å². The third kappa shape index (κ3) is 4.96. The zero-order valence-electron chi connectivity index (χ0n) is 14.5. The van der Waals surface area contributed by atoms with Gasteiger partial charge in [0, 0.05) is 12.1 Å². The molecule has 0 aliphatic heterocycles. The standard InChI is InChI=1S/C21H24N2O/c1-15(2)18-9-11-20(12-10-18)23-21(24)13-4-16(3)19-7-5-17(14-22)6-8-19/h5-12,15-16H,4,13H2,1-3H3,(H,23,24). The highest BCUT2D eigenvalue weighted by molar-refractivity contribution is 5.90. The number of hydrogen-bond donors (Lipinski definition) is 1. The molecule has 3 nitrogen and oxygen atoms in total. The molecule has 0 aromatic heterocycles. The Balaban J connectivity index is 1.84. The molecule has 2 rings (SSSR count). The summed E-state index contributed by atoms with van der Waals surface area (Å²) < 4.78 is 0. The number of rotatable bonds is 6. The first-order valence-electron chi connectivity index (χ1n) is 8.39. The van der Waals surface area contributed by atoms with Gasteiger partial charge in [-0.2, -0.15) is 5.26 Å². The van der Waals surface area contributed by atoms with Gasteiger partial charge in [-0.3, -0.25) is 4.79 Å². The van der Waals surface area contributed by atoms with E-state index in [1.165, 1.54) is 5.56 Å². The van der Waals surface area contributed by atoms with Gasteiger partial charge in [0.25, 0.3) is 0 Å². The molecule has 1 unspecified atom stereocenters. The zero-order chi connectivity index (χ0) is 17.5. The van der Waals surface area contributed by atoms with E-state index in [0.717, 1.165) is 17.7 Å². The molecule has 0 aliphatic carbocycles. The van der Waals surface area contributed by atoms with Crippen LogP contribution in [0.5, 0.6) is 0 Å². The molecular formula is C21H24N2O. The number of anilines is 1. The molecule has 0 saturated carbocycles. The van der Waals surface area contributed by atoms with E-state index in [4.69, 9.17) is 5.26 Å². The highest BCUT2D eigenvalue weighted by Crippen LogP contribution is 2.22. The number of carbonyl (C=O) groups excluding carboxylic acids is 1. The minimum atomic E-state index is 0.0350. The van der Waals surface area contributed by atoms with Crippen molar-refractivity contribution in [1.29, 1.82) is 5.26 Å². The van der Waals surface area contributed by atoms with Gasteiger partial charge in [-0.05, 0) is 53.6 Å². The molecule has 0 aliphatic rings. The maximum Gasteiger partial charge on any atom is 0.224 e. The molecule has 2 aromatic carbocycles. The van der Waals surface area contributed by atoms with Crippen LogP contribution in [0.4, 0.5) is 5.69 Å². The third-order valence-corrected chi connectivity index (χ3v) is 4.27. The Morgan fingerprint density at radius 3 is 2.12 bits per heavy atom. The van der Waals surface area contributed by atoms with E-state index in [0.29, 0.717) is 17.9 Å². The second-order valence-corrected chi connectivity index (χ2v) is 6.50. The molecule has 2 aromatic rings. The predicted octanol–water partition coefficient (Wildman–Crippen LogP) is 5.20. The van der Waals surface area contributed by atoms with E-state index in [9.17, 15) is 4.79 Å². The number of hydrogen-bond acceptors (Lipinski definition) is 2. The number of nitrogens with zero attached hydrogens (tertiary/aromatic N) is 1. The van der Waals surface area contributed by atoms with E-state index in [1.807, 2.05) is 36.4 Å². The van der Waals surface area contributed by atoms with E-state index < -0.39 is 0 Å². The first-order valence-corrected chi connectivity index (χ1v) is 8.39. The Bertz CT molecular complexity index is 709. The molecule has 0 heterocycles. The van der Waals surface area contributed by atoms with Crippen molar-refractivity contribution >= 4 is 11.6 Å². The van der Waals surface area contributed by atoms with Crippen LogP contribution in [-0.2, 0) is 4.79 Å². The normalized spacial score (nSPS) is 11.8. The number of nitrogens with one attached hydrogen (secondary N) is 1. The summed E-state index contributed by atoms with van der Waals surface area (Å²) in [5, 5.41) is 11.8. The lowest BCUT2D eigenvalue weighted by molar-refractivity contribution is -0.116. The average Bonchev–Trinajstić information content (AvgIpc) is 2.60. The smallest absolute Gasteiger partial charge is 0.224 e. The highest BCUT2D eigenvalue weighted by atomic mass is 16.1. The average molecular weight is 320 g/mol. The van der Waals surface area contributed by atoms with Crippen molar-refractivity contribution < 1.29 is 4.79 Å². The van der Waals surface area contributed by atoms with Crippen LogP contribution in [0.25, 0.3) is 0 Å². The maximum absolute atomic E-state index is 12.1. The van der Waals surface area contributed by atoms with Gasteiger partial charge in [-0.25, -0.2) is 0 Å².